The molecule has 0 aliphatic carbocycles. The summed E-state index contributed by atoms with van der Waals surface area (Å²) in [4.78, 5) is 24.6. The van der Waals surface area contributed by atoms with Crippen LogP contribution in [0.15, 0.2) is 18.2 Å². The van der Waals surface area contributed by atoms with Crippen LogP contribution in [0.3, 0.4) is 0 Å². The van der Waals surface area contributed by atoms with Crippen molar-refractivity contribution in [2.24, 2.45) is 0 Å². The lowest BCUT2D eigenvalue weighted by atomic mass is 10.1. The van der Waals surface area contributed by atoms with E-state index in [1.165, 1.54) is 19.1 Å². The largest absolute Gasteiger partial charge is 0.495 e. The van der Waals surface area contributed by atoms with Gasteiger partial charge >= 0.3 is 5.97 Å². The van der Waals surface area contributed by atoms with Crippen LogP contribution < -0.4 is 10.5 Å². The zero-order valence-electron chi connectivity index (χ0n) is 11.3. The summed E-state index contributed by atoms with van der Waals surface area (Å²) >= 11 is 0. The van der Waals surface area contributed by atoms with Gasteiger partial charge in [0.2, 0.25) is 0 Å². The zero-order valence-corrected chi connectivity index (χ0v) is 11.3. The van der Waals surface area contributed by atoms with Crippen molar-refractivity contribution in [2.45, 2.75) is 6.42 Å². The Morgan fingerprint density at radius 2 is 2.00 bits per heavy atom. The van der Waals surface area contributed by atoms with E-state index in [1.54, 1.807) is 25.2 Å². The Morgan fingerprint density at radius 1 is 1.32 bits per heavy atom. The van der Waals surface area contributed by atoms with Gasteiger partial charge in [0.05, 0.1) is 26.3 Å². The number of anilines is 1. The lowest BCUT2D eigenvalue weighted by molar-refractivity contribution is -0.140. The highest BCUT2D eigenvalue weighted by Crippen LogP contribution is 2.22. The van der Waals surface area contributed by atoms with Gasteiger partial charge in [-0.05, 0) is 18.2 Å². The summed E-state index contributed by atoms with van der Waals surface area (Å²) in [5.74, 6) is -0.107. The molecule has 2 N–H and O–H groups in total. The second-order valence-electron chi connectivity index (χ2n) is 4.01. The standard InChI is InChI=1S/C13H18N2O4/c1-15(7-6-12(16)19-3)13(17)9-4-5-10(14)11(8-9)18-2/h4-5,8H,6-7,14H2,1-3H3. The number of nitrogen functional groups attached to an aromatic ring is 1. The minimum atomic E-state index is -0.352. The average Bonchev–Trinajstić information content (AvgIpc) is 2.43. The van der Waals surface area contributed by atoms with Gasteiger partial charge in [-0.15, -0.1) is 0 Å². The number of hydrogen-bond donors (Lipinski definition) is 1. The maximum atomic E-state index is 12.1. The molecule has 1 amide bonds. The zero-order chi connectivity index (χ0) is 14.4. The summed E-state index contributed by atoms with van der Waals surface area (Å²) in [5.41, 5.74) is 6.61. The third-order valence-corrected chi connectivity index (χ3v) is 2.71. The Labute approximate surface area is 112 Å². The van der Waals surface area contributed by atoms with Gasteiger partial charge in [0, 0.05) is 19.2 Å². The number of carbonyl (C=O) groups excluding carboxylic acids is 2. The summed E-state index contributed by atoms with van der Waals surface area (Å²) in [6.45, 7) is 0.290. The first-order valence-corrected chi connectivity index (χ1v) is 5.75. The number of benzene rings is 1. The molecular formula is C13H18N2O4. The van der Waals surface area contributed by atoms with Gasteiger partial charge in [-0.25, -0.2) is 0 Å². The fraction of sp³-hybridized carbons (Fsp3) is 0.385. The van der Waals surface area contributed by atoms with Crippen molar-refractivity contribution in [1.29, 1.82) is 0 Å². The summed E-state index contributed by atoms with van der Waals surface area (Å²) in [7, 11) is 4.42. The minimum absolute atomic E-state index is 0.158. The molecule has 1 rings (SSSR count). The van der Waals surface area contributed by atoms with E-state index in [1.807, 2.05) is 0 Å². The third kappa shape index (κ3) is 3.87. The van der Waals surface area contributed by atoms with E-state index in [2.05, 4.69) is 4.74 Å². The molecule has 1 aromatic carbocycles. The number of ether oxygens (including phenoxy) is 2. The highest BCUT2D eigenvalue weighted by molar-refractivity contribution is 5.95. The number of hydrogen-bond acceptors (Lipinski definition) is 5. The van der Waals surface area contributed by atoms with Gasteiger partial charge in [0.15, 0.2) is 0 Å². The van der Waals surface area contributed by atoms with E-state index < -0.39 is 0 Å². The number of esters is 1. The van der Waals surface area contributed by atoms with Gasteiger partial charge < -0.3 is 20.1 Å². The van der Waals surface area contributed by atoms with Crippen molar-refractivity contribution >= 4 is 17.6 Å². The van der Waals surface area contributed by atoms with Crippen LogP contribution in [0, 0.1) is 0 Å². The lowest BCUT2D eigenvalue weighted by Gasteiger charge is -2.17. The first-order valence-electron chi connectivity index (χ1n) is 5.75. The fourth-order valence-electron chi connectivity index (χ4n) is 1.53. The molecule has 0 atom stereocenters. The van der Waals surface area contributed by atoms with Gasteiger partial charge in [-0.2, -0.15) is 0 Å². The Bertz CT molecular complexity index is 474. The van der Waals surface area contributed by atoms with Crippen LogP contribution in [0.5, 0.6) is 5.75 Å². The molecule has 0 unspecified atom stereocenters. The van der Waals surface area contributed by atoms with Crippen LogP contribution in [0.1, 0.15) is 16.8 Å². The van der Waals surface area contributed by atoms with E-state index in [0.29, 0.717) is 17.0 Å². The van der Waals surface area contributed by atoms with E-state index in [4.69, 9.17) is 10.5 Å². The number of nitrogens with zero attached hydrogens (tertiary/aromatic N) is 1. The van der Waals surface area contributed by atoms with Crippen molar-refractivity contribution in [3.8, 4) is 5.75 Å². The van der Waals surface area contributed by atoms with E-state index in [0.717, 1.165) is 0 Å². The van der Waals surface area contributed by atoms with Crippen molar-refractivity contribution in [3.63, 3.8) is 0 Å². The minimum Gasteiger partial charge on any atom is -0.495 e. The third-order valence-electron chi connectivity index (χ3n) is 2.71. The molecule has 6 nitrogen and oxygen atoms in total. The molecule has 0 aromatic heterocycles. The Hall–Kier alpha value is -2.24. The Kier molecular flexibility index (Phi) is 5.17. The number of carbonyl (C=O) groups is 2. The van der Waals surface area contributed by atoms with Gasteiger partial charge in [-0.3, -0.25) is 9.59 Å². The van der Waals surface area contributed by atoms with Crippen LogP contribution in [-0.2, 0) is 9.53 Å². The molecule has 0 aliphatic heterocycles. The predicted octanol–water partition coefficient (Wildman–Crippen LogP) is 0.912. The van der Waals surface area contributed by atoms with Crippen molar-refractivity contribution in [3.05, 3.63) is 23.8 Å². The summed E-state index contributed by atoms with van der Waals surface area (Å²) < 4.78 is 9.59. The molecule has 19 heavy (non-hydrogen) atoms. The Morgan fingerprint density at radius 3 is 2.58 bits per heavy atom. The van der Waals surface area contributed by atoms with E-state index in [9.17, 15) is 9.59 Å². The quantitative estimate of drug-likeness (QED) is 0.633. The smallest absolute Gasteiger partial charge is 0.307 e. The van der Waals surface area contributed by atoms with Crippen LogP contribution in [0.4, 0.5) is 5.69 Å². The highest BCUT2D eigenvalue weighted by atomic mass is 16.5. The van der Waals surface area contributed by atoms with Crippen molar-refractivity contribution < 1.29 is 19.1 Å². The lowest BCUT2D eigenvalue weighted by Crippen LogP contribution is -2.29. The number of nitrogens with two attached hydrogens (primary N) is 1. The number of methoxy groups -OCH3 is 2. The summed E-state index contributed by atoms with van der Waals surface area (Å²) in [5, 5.41) is 0. The summed E-state index contributed by atoms with van der Waals surface area (Å²) in [6, 6.07) is 4.81. The van der Waals surface area contributed by atoms with Crippen molar-refractivity contribution in [1.82, 2.24) is 4.90 Å². The molecular weight excluding hydrogens is 248 g/mol. The average molecular weight is 266 g/mol. The van der Waals surface area contributed by atoms with Gasteiger partial charge in [0.1, 0.15) is 5.75 Å². The first-order chi connectivity index (χ1) is 8.99. The monoisotopic (exact) mass is 266 g/mol. The van der Waals surface area contributed by atoms with Crippen LogP contribution in [-0.4, -0.2) is 44.6 Å². The molecule has 0 saturated heterocycles. The Balaban J connectivity index is 2.74. The van der Waals surface area contributed by atoms with E-state index in [-0.39, 0.29) is 24.8 Å². The molecule has 1 aromatic rings. The van der Waals surface area contributed by atoms with Crippen LogP contribution in [0.25, 0.3) is 0 Å². The SMILES string of the molecule is COC(=O)CCN(C)C(=O)c1ccc(N)c(OC)c1. The molecule has 0 saturated carbocycles. The summed E-state index contributed by atoms with van der Waals surface area (Å²) in [6.07, 6.45) is 0.158. The number of rotatable bonds is 5. The molecule has 0 radical (unpaired) electrons. The molecule has 104 valence electrons. The van der Waals surface area contributed by atoms with Gasteiger partial charge in [-0.1, -0.05) is 0 Å². The maximum absolute atomic E-state index is 12.1. The molecule has 0 heterocycles. The molecule has 6 heteroatoms. The second kappa shape index (κ2) is 6.63. The van der Waals surface area contributed by atoms with Gasteiger partial charge in [0.25, 0.3) is 5.91 Å². The molecule has 0 aliphatic rings. The molecule has 0 fully saturated rings. The van der Waals surface area contributed by atoms with Crippen LogP contribution in [0.2, 0.25) is 0 Å². The maximum Gasteiger partial charge on any atom is 0.307 e. The van der Waals surface area contributed by atoms with Crippen LogP contribution >= 0.6 is 0 Å². The normalized spacial score (nSPS) is 9.84. The number of amides is 1. The first kappa shape index (κ1) is 14.8. The topological polar surface area (TPSA) is 81.9 Å². The van der Waals surface area contributed by atoms with Crippen molar-refractivity contribution in [2.75, 3.05) is 33.5 Å². The predicted molar refractivity (Wildman–Crippen MR) is 71.0 cm³/mol. The molecule has 0 bridgehead atoms. The second-order valence-corrected chi connectivity index (χ2v) is 4.01. The fourth-order valence-corrected chi connectivity index (χ4v) is 1.53. The van der Waals surface area contributed by atoms with E-state index >= 15 is 0 Å². The highest BCUT2D eigenvalue weighted by Gasteiger charge is 2.14. The molecule has 0 spiro atoms.